The van der Waals surface area contributed by atoms with E-state index >= 15 is 0 Å². The fraction of sp³-hybridized carbons (Fsp3) is 0.500. The zero-order chi connectivity index (χ0) is 17.9. The number of hydrogen-bond acceptors (Lipinski definition) is 6. The van der Waals surface area contributed by atoms with Gasteiger partial charge in [-0.15, -0.1) is 0 Å². The minimum atomic E-state index is -3.38. The van der Waals surface area contributed by atoms with Crippen molar-refractivity contribution in [3.05, 3.63) is 35.9 Å². The van der Waals surface area contributed by atoms with Crippen molar-refractivity contribution in [3.8, 4) is 0 Å². The quantitative estimate of drug-likeness (QED) is 0.734. The Labute approximate surface area is 147 Å². The summed E-state index contributed by atoms with van der Waals surface area (Å²) in [6.07, 6.45) is -0.603. The molecule has 2 fully saturated rings. The van der Waals surface area contributed by atoms with E-state index in [1.807, 2.05) is 23.1 Å². The van der Waals surface area contributed by atoms with Crippen LogP contribution in [0, 0.1) is 0 Å². The van der Waals surface area contributed by atoms with E-state index in [-0.39, 0.29) is 31.4 Å². The molecule has 9 heteroatoms. The third-order valence-corrected chi connectivity index (χ3v) is 6.19. The minimum absolute atomic E-state index is 0.0214. The third-order valence-electron chi connectivity index (χ3n) is 4.34. The lowest BCUT2D eigenvalue weighted by atomic mass is 10.2. The molecule has 2 saturated heterocycles. The van der Waals surface area contributed by atoms with Crippen LogP contribution in [0.25, 0.3) is 0 Å². The number of nitrogens with zero attached hydrogens (tertiary/aromatic N) is 3. The molecule has 3 rings (SSSR count). The fourth-order valence-electron chi connectivity index (χ4n) is 2.94. The smallest absolute Gasteiger partial charge is 0.416 e. The maximum Gasteiger partial charge on any atom is 0.416 e. The highest BCUT2D eigenvalue weighted by Crippen LogP contribution is 2.14. The summed E-state index contributed by atoms with van der Waals surface area (Å²) >= 11 is 0. The zero-order valence-electron chi connectivity index (χ0n) is 13.8. The summed E-state index contributed by atoms with van der Waals surface area (Å²) in [7, 11) is -3.38. The van der Waals surface area contributed by atoms with Crippen LogP contribution in [0.15, 0.2) is 30.3 Å². The number of carbonyl (C=O) groups excluding carboxylic acids is 2. The number of sulfonamides is 1. The van der Waals surface area contributed by atoms with E-state index in [9.17, 15) is 18.0 Å². The van der Waals surface area contributed by atoms with Crippen LogP contribution in [0.1, 0.15) is 5.56 Å². The second kappa shape index (κ2) is 7.51. The van der Waals surface area contributed by atoms with Gasteiger partial charge >= 0.3 is 6.09 Å². The van der Waals surface area contributed by atoms with Gasteiger partial charge in [0.1, 0.15) is 6.61 Å². The van der Waals surface area contributed by atoms with Crippen molar-refractivity contribution in [2.24, 2.45) is 0 Å². The summed E-state index contributed by atoms with van der Waals surface area (Å²) in [5.74, 6) is -0.324. The molecule has 2 amide bonds. The molecule has 0 aromatic heterocycles. The predicted molar refractivity (Wildman–Crippen MR) is 90.1 cm³/mol. The predicted octanol–water partition coefficient (Wildman–Crippen LogP) is 0.113. The Morgan fingerprint density at radius 3 is 2.32 bits per heavy atom. The average Bonchev–Trinajstić information content (AvgIpc) is 3.02. The highest BCUT2D eigenvalue weighted by molar-refractivity contribution is 7.88. The van der Waals surface area contributed by atoms with Crippen LogP contribution < -0.4 is 0 Å². The van der Waals surface area contributed by atoms with Gasteiger partial charge < -0.3 is 4.74 Å². The molecule has 1 aromatic rings. The van der Waals surface area contributed by atoms with Crippen molar-refractivity contribution in [3.63, 3.8) is 0 Å². The minimum Gasteiger partial charge on any atom is -0.447 e. The number of piperazine rings is 1. The van der Waals surface area contributed by atoms with Crippen molar-refractivity contribution in [1.82, 2.24) is 14.1 Å². The second-order valence-corrected chi connectivity index (χ2v) is 8.05. The first-order chi connectivity index (χ1) is 12.0. The van der Waals surface area contributed by atoms with E-state index < -0.39 is 16.1 Å². The largest absolute Gasteiger partial charge is 0.447 e. The van der Waals surface area contributed by atoms with E-state index in [0.717, 1.165) is 10.5 Å². The number of ether oxygens (including phenoxy) is 1. The maximum atomic E-state index is 12.5. The number of hydrogen-bond donors (Lipinski definition) is 0. The molecule has 0 saturated carbocycles. The van der Waals surface area contributed by atoms with E-state index in [4.69, 9.17) is 4.74 Å². The normalized spacial score (nSPS) is 19.8. The van der Waals surface area contributed by atoms with Gasteiger partial charge in [0.2, 0.25) is 15.9 Å². The van der Waals surface area contributed by atoms with Gasteiger partial charge in [-0.25, -0.2) is 18.1 Å². The number of rotatable bonds is 5. The Morgan fingerprint density at radius 1 is 1.04 bits per heavy atom. The fourth-order valence-corrected chi connectivity index (χ4v) is 4.45. The number of carbonyl (C=O) groups is 2. The molecule has 2 aliphatic heterocycles. The molecule has 0 spiro atoms. The Bertz CT molecular complexity index is 729. The van der Waals surface area contributed by atoms with Gasteiger partial charge in [0.05, 0.1) is 18.8 Å². The van der Waals surface area contributed by atoms with Crippen LogP contribution in [0.3, 0.4) is 0 Å². The Morgan fingerprint density at radius 2 is 1.72 bits per heavy atom. The number of amides is 2. The molecule has 0 atom stereocenters. The van der Waals surface area contributed by atoms with Crippen molar-refractivity contribution in [2.45, 2.75) is 5.75 Å². The summed E-state index contributed by atoms with van der Waals surface area (Å²) in [5, 5.41) is 0. The van der Waals surface area contributed by atoms with E-state index in [2.05, 4.69) is 0 Å². The van der Waals surface area contributed by atoms with Gasteiger partial charge in [-0.1, -0.05) is 30.3 Å². The summed E-state index contributed by atoms with van der Waals surface area (Å²) in [4.78, 5) is 26.4. The van der Waals surface area contributed by atoms with Crippen LogP contribution in [-0.4, -0.2) is 80.4 Å². The Hall–Kier alpha value is -1.97. The summed E-state index contributed by atoms with van der Waals surface area (Å²) in [5.41, 5.74) is 0.757. The Kier molecular flexibility index (Phi) is 5.36. The zero-order valence-corrected chi connectivity index (χ0v) is 14.7. The molecule has 2 aliphatic rings. The highest BCUT2D eigenvalue weighted by atomic mass is 32.2. The van der Waals surface area contributed by atoms with E-state index in [1.54, 1.807) is 12.1 Å². The number of imide groups is 1. The topological polar surface area (TPSA) is 87.2 Å². The van der Waals surface area contributed by atoms with E-state index in [0.29, 0.717) is 26.2 Å². The first-order valence-corrected chi connectivity index (χ1v) is 9.78. The molecule has 25 heavy (non-hydrogen) atoms. The average molecular weight is 367 g/mol. The lowest BCUT2D eigenvalue weighted by Crippen LogP contribution is -2.51. The van der Waals surface area contributed by atoms with Crippen LogP contribution in [-0.2, 0) is 25.3 Å². The second-order valence-electron chi connectivity index (χ2n) is 6.08. The van der Waals surface area contributed by atoms with Gasteiger partial charge in [-0.2, -0.15) is 4.31 Å². The molecular formula is C16H21N3O5S. The third kappa shape index (κ3) is 4.36. The standard InChI is InChI=1S/C16H21N3O5S/c20-15(19-10-11-24-16(19)21)12-17-6-8-18(9-7-17)25(22,23)13-14-4-2-1-3-5-14/h1-5H,6-13H2. The molecule has 0 bridgehead atoms. The summed E-state index contributed by atoms with van der Waals surface area (Å²) in [6.45, 7) is 2.21. The first kappa shape index (κ1) is 17.8. The molecule has 0 unspecified atom stereocenters. The van der Waals surface area contributed by atoms with Crippen LogP contribution in [0.4, 0.5) is 4.79 Å². The lowest BCUT2D eigenvalue weighted by molar-refractivity contribution is -0.129. The molecule has 0 radical (unpaired) electrons. The molecule has 0 N–H and O–H groups in total. The van der Waals surface area contributed by atoms with Gasteiger partial charge in [0, 0.05) is 26.2 Å². The highest BCUT2D eigenvalue weighted by Gasteiger charge is 2.32. The number of benzene rings is 1. The molecule has 136 valence electrons. The van der Waals surface area contributed by atoms with Crippen LogP contribution in [0.5, 0.6) is 0 Å². The van der Waals surface area contributed by atoms with Gasteiger partial charge in [0.15, 0.2) is 0 Å². The van der Waals surface area contributed by atoms with Crippen molar-refractivity contribution >= 4 is 22.0 Å². The monoisotopic (exact) mass is 367 g/mol. The Balaban J connectivity index is 1.51. The van der Waals surface area contributed by atoms with Crippen LogP contribution in [0.2, 0.25) is 0 Å². The van der Waals surface area contributed by atoms with Gasteiger partial charge in [-0.3, -0.25) is 9.69 Å². The van der Waals surface area contributed by atoms with Gasteiger partial charge in [0.25, 0.3) is 0 Å². The van der Waals surface area contributed by atoms with Crippen molar-refractivity contribution < 1.29 is 22.7 Å². The summed E-state index contributed by atoms with van der Waals surface area (Å²) < 4.78 is 31.2. The first-order valence-electron chi connectivity index (χ1n) is 8.17. The summed E-state index contributed by atoms with van der Waals surface area (Å²) in [6, 6.07) is 9.07. The van der Waals surface area contributed by atoms with Crippen LogP contribution >= 0.6 is 0 Å². The molecule has 2 heterocycles. The maximum absolute atomic E-state index is 12.5. The lowest BCUT2D eigenvalue weighted by Gasteiger charge is -2.33. The molecule has 1 aromatic carbocycles. The SMILES string of the molecule is O=C(CN1CCN(S(=O)(=O)Cc2ccccc2)CC1)N1CCOC1=O. The van der Waals surface area contributed by atoms with E-state index in [1.165, 1.54) is 4.31 Å². The molecular weight excluding hydrogens is 346 g/mol. The number of cyclic esters (lactones) is 1. The van der Waals surface area contributed by atoms with Gasteiger partial charge in [-0.05, 0) is 5.56 Å². The van der Waals surface area contributed by atoms with Crippen molar-refractivity contribution in [2.75, 3.05) is 45.9 Å². The molecule has 0 aliphatic carbocycles. The molecule has 8 nitrogen and oxygen atoms in total. The van der Waals surface area contributed by atoms with Crippen molar-refractivity contribution in [1.29, 1.82) is 0 Å².